The van der Waals surface area contributed by atoms with E-state index >= 15 is 0 Å². The van der Waals surface area contributed by atoms with Crippen molar-refractivity contribution in [2.75, 3.05) is 0 Å². The number of aromatic hydroxyl groups is 1. The van der Waals surface area contributed by atoms with E-state index in [0.717, 1.165) is 17.3 Å². The largest absolute Gasteiger partial charge is 0.505 e. The van der Waals surface area contributed by atoms with E-state index in [2.05, 4.69) is 0 Å². The molecule has 0 saturated carbocycles. The van der Waals surface area contributed by atoms with E-state index < -0.39 is 28.2 Å². The van der Waals surface area contributed by atoms with Crippen LogP contribution in [0.3, 0.4) is 0 Å². The standard InChI is InChI=1S/C23H15ClFNO4S/c1-23(2)14-9-11(24)3-8-15(14)26-17(23)10-16-18(21(26)28)19(27)20(22(29)30-16)31-13-6-4-12(25)5-7-13/h3-10,27H,1-2H3. The van der Waals surface area contributed by atoms with Gasteiger partial charge in [0.05, 0.1) is 5.69 Å². The molecule has 156 valence electrons. The minimum Gasteiger partial charge on any atom is -0.505 e. The van der Waals surface area contributed by atoms with Crippen LogP contribution in [0.25, 0.3) is 16.7 Å². The molecule has 0 spiro atoms. The van der Waals surface area contributed by atoms with Crippen LogP contribution in [0.2, 0.25) is 5.02 Å². The Hall–Kier alpha value is -3.03. The van der Waals surface area contributed by atoms with Crippen molar-refractivity contribution >= 4 is 34.3 Å². The molecule has 8 heteroatoms. The van der Waals surface area contributed by atoms with Crippen molar-refractivity contribution in [3.63, 3.8) is 0 Å². The molecule has 5 rings (SSSR count). The lowest BCUT2D eigenvalue weighted by Gasteiger charge is -2.20. The van der Waals surface area contributed by atoms with E-state index in [1.54, 1.807) is 24.3 Å². The third kappa shape index (κ3) is 2.91. The molecule has 2 aromatic carbocycles. The first-order valence-electron chi connectivity index (χ1n) is 9.38. The Bertz CT molecular complexity index is 1510. The highest BCUT2D eigenvalue weighted by Gasteiger charge is 2.38. The van der Waals surface area contributed by atoms with Crippen molar-refractivity contribution in [1.29, 1.82) is 0 Å². The number of hydrogen-bond donors (Lipinski definition) is 1. The highest BCUT2D eigenvalue weighted by atomic mass is 35.5. The molecule has 3 heterocycles. The molecule has 1 N–H and O–H groups in total. The normalized spacial score (nSPS) is 13.9. The number of pyridine rings is 1. The third-order valence-corrected chi connectivity index (χ3v) is 6.87. The predicted octanol–water partition coefficient (Wildman–Crippen LogP) is 5.23. The van der Waals surface area contributed by atoms with Crippen molar-refractivity contribution in [3.8, 4) is 11.4 Å². The summed E-state index contributed by atoms with van der Waals surface area (Å²) in [4.78, 5) is 26.5. The summed E-state index contributed by atoms with van der Waals surface area (Å²) in [5.41, 5.74) is 0.315. The van der Waals surface area contributed by atoms with Crippen LogP contribution in [0.15, 0.2) is 72.3 Å². The van der Waals surface area contributed by atoms with Gasteiger partial charge >= 0.3 is 5.63 Å². The van der Waals surface area contributed by atoms with Crippen LogP contribution in [0.1, 0.15) is 25.1 Å². The molecule has 0 saturated heterocycles. The third-order valence-electron chi connectivity index (χ3n) is 5.56. The predicted molar refractivity (Wildman–Crippen MR) is 117 cm³/mol. The molecule has 0 radical (unpaired) electrons. The van der Waals surface area contributed by atoms with Crippen LogP contribution in [0.4, 0.5) is 4.39 Å². The molecule has 0 bridgehead atoms. The first-order chi connectivity index (χ1) is 14.7. The summed E-state index contributed by atoms with van der Waals surface area (Å²) in [5.74, 6) is -0.879. The summed E-state index contributed by atoms with van der Waals surface area (Å²) in [7, 11) is 0. The lowest BCUT2D eigenvalue weighted by Crippen LogP contribution is -2.24. The Morgan fingerprint density at radius 3 is 2.52 bits per heavy atom. The van der Waals surface area contributed by atoms with Gasteiger partial charge in [0.15, 0.2) is 5.75 Å². The maximum Gasteiger partial charge on any atom is 0.354 e. The molecule has 0 amide bonds. The minimum atomic E-state index is -0.778. The van der Waals surface area contributed by atoms with Crippen LogP contribution < -0.4 is 11.2 Å². The minimum absolute atomic E-state index is 0.00850. The summed E-state index contributed by atoms with van der Waals surface area (Å²) < 4.78 is 20.1. The zero-order valence-corrected chi connectivity index (χ0v) is 18.0. The van der Waals surface area contributed by atoms with Crippen LogP contribution in [-0.4, -0.2) is 9.67 Å². The quantitative estimate of drug-likeness (QED) is 0.448. The first kappa shape index (κ1) is 19.9. The maximum absolute atomic E-state index is 13.5. The summed E-state index contributed by atoms with van der Waals surface area (Å²) in [6.45, 7) is 3.89. The van der Waals surface area contributed by atoms with Crippen molar-refractivity contribution < 1.29 is 13.9 Å². The van der Waals surface area contributed by atoms with Crippen molar-refractivity contribution in [1.82, 2.24) is 4.57 Å². The van der Waals surface area contributed by atoms with E-state index in [0.29, 0.717) is 21.3 Å². The zero-order chi connectivity index (χ0) is 22.1. The number of rotatable bonds is 2. The van der Waals surface area contributed by atoms with Crippen molar-refractivity contribution in [2.45, 2.75) is 29.1 Å². The lowest BCUT2D eigenvalue weighted by molar-refractivity contribution is 0.445. The summed E-state index contributed by atoms with van der Waals surface area (Å²) >= 11 is 7.08. The molecular weight excluding hydrogens is 441 g/mol. The van der Waals surface area contributed by atoms with E-state index in [4.69, 9.17) is 16.0 Å². The monoisotopic (exact) mass is 455 g/mol. The van der Waals surface area contributed by atoms with Crippen LogP contribution in [0.5, 0.6) is 5.75 Å². The fourth-order valence-corrected chi connectivity index (χ4v) is 5.00. The topological polar surface area (TPSA) is 72.4 Å². The number of halogens is 2. The molecule has 0 fully saturated rings. The van der Waals surface area contributed by atoms with Gasteiger partial charge in [0.25, 0.3) is 5.56 Å². The lowest BCUT2D eigenvalue weighted by atomic mass is 9.83. The molecule has 2 aromatic heterocycles. The van der Waals surface area contributed by atoms with Gasteiger partial charge in [-0.3, -0.25) is 9.36 Å². The van der Waals surface area contributed by atoms with Crippen LogP contribution in [0, 0.1) is 5.82 Å². The summed E-state index contributed by atoms with van der Waals surface area (Å²) in [6.07, 6.45) is 0. The Morgan fingerprint density at radius 1 is 1.10 bits per heavy atom. The number of aromatic nitrogens is 1. The SMILES string of the molecule is CC1(C)c2cc(Cl)ccc2-n2c1cc1oc(=O)c(Sc3ccc(F)cc3)c(O)c1c2=O. The second-order valence-corrected chi connectivity index (χ2v) is 9.34. The van der Waals surface area contributed by atoms with Gasteiger partial charge in [-0.2, -0.15) is 0 Å². The summed E-state index contributed by atoms with van der Waals surface area (Å²) in [5, 5.41) is 11.3. The number of fused-ring (bicyclic) bond motifs is 4. The highest BCUT2D eigenvalue weighted by molar-refractivity contribution is 7.99. The van der Waals surface area contributed by atoms with Crippen LogP contribution >= 0.6 is 23.4 Å². The van der Waals surface area contributed by atoms with Gasteiger partial charge in [-0.15, -0.1) is 0 Å². The van der Waals surface area contributed by atoms with Gasteiger partial charge < -0.3 is 9.52 Å². The van der Waals surface area contributed by atoms with Gasteiger partial charge in [0, 0.05) is 27.1 Å². The van der Waals surface area contributed by atoms with Gasteiger partial charge in [0.1, 0.15) is 21.7 Å². The van der Waals surface area contributed by atoms with E-state index in [9.17, 15) is 19.1 Å². The van der Waals surface area contributed by atoms with Gasteiger partial charge in [-0.05, 0) is 48.0 Å². The summed E-state index contributed by atoms with van der Waals surface area (Å²) in [6, 6.07) is 12.3. The van der Waals surface area contributed by atoms with Gasteiger partial charge in [-0.1, -0.05) is 37.2 Å². The average molecular weight is 456 g/mol. The van der Waals surface area contributed by atoms with E-state index in [1.807, 2.05) is 13.8 Å². The second kappa shape index (κ2) is 6.73. The van der Waals surface area contributed by atoms with Gasteiger partial charge in [0.2, 0.25) is 0 Å². The fourth-order valence-electron chi connectivity index (χ4n) is 3.99. The average Bonchev–Trinajstić information content (AvgIpc) is 2.93. The first-order valence-corrected chi connectivity index (χ1v) is 10.6. The highest BCUT2D eigenvalue weighted by Crippen LogP contribution is 2.44. The van der Waals surface area contributed by atoms with Gasteiger partial charge in [-0.25, -0.2) is 9.18 Å². The Morgan fingerprint density at radius 2 is 1.81 bits per heavy atom. The number of benzene rings is 2. The molecular formula is C23H15ClFNO4S. The number of nitrogens with zero attached hydrogens (tertiary/aromatic N) is 1. The van der Waals surface area contributed by atoms with Crippen LogP contribution in [-0.2, 0) is 5.41 Å². The smallest absolute Gasteiger partial charge is 0.354 e. The molecule has 0 aliphatic carbocycles. The van der Waals surface area contributed by atoms with E-state index in [1.165, 1.54) is 28.8 Å². The molecule has 0 unspecified atom stereocenters. The molecule has 4 aromatic rings. The number of hydrogen-bond acceptors (Lipinski definition) is 5. The fraction of sp³-hybridized carbons (Fsp3) is 0.130. The molecule has 5 nitrogen and oxygen atoms in total. The zero-order valence-electron chi connectivity index (χ0n) is 16.4. The second-order valence-electron chi connectivity index (χ2n) is 7.82. The maximum atomic E-state index is 13.5. The van der Waals surface area contributed by atoms with E-state index in [-0.39, 0.29) is 15.9 Å². The van der Waals surface area contributed by atoms with Crippen molar-refractivity contribution in [3.05, 3.63) is 91.4 Å². The molecule has 1 aliphatic heterocycles. The molecule has 0 atom stereocenters. The van der Waals surface area contributed by atoms with Crippen molar-refractivity contribution in [2.24, 2.45) is 0 Å². The Balaban J connectivity index is 1.79. The Kier molecular flexibility index (Phi) is 4.32. The molecule has 1 aliphatic rings. The molecule has 31 heavy (non-hydrogen) atoms. The Labute approximate surface area is 184 Å².